The molecule has 1 atom stereocenters. The molecule has 27 heavy (non-hydrogen) atoms. The lowest BCUT2D eigenvalue weighted by atomic mass is 10.2. The van der Waals surface area contributed by atoms with Gasteiger partial charge in [-0.25, -0.2) is 9.18 Å². The number of alkyl halides is 3. The number of aromatic nitrogens is 2. The van der Waals surface area contributed by atoms with Gasteiger partial charge < -0.3 is 20.6 Å². The largest absolute Gasteiger partial charge is 0.419 e. The van der Waals surface area contributed by atoms with Crippen LogP contribution in [0.5, 0.6) is 0 Å². The first-order valence-electron chi connectivity index (χ1n) is 7.84. The summed E-state index contributed by atoms with van der Waals surface area (Å²) in [6.07, 6.45) is -2.74. The molecule has 0 spiro atoms. The monoisotopic (exact) mass is 389 g/mol. The summed E-state index contributed by atoms with van der Waals surface area (Å²) in [5.74, 6) is -1.42. The van der Waals surface area contributed by atoms with Crippen molar-refractivity contribution in [2.75, 3.05) is 31.3 Å². The van der Waals surface area contributed by atoms with E-state index in [9.17, 15) is 27.5 Å². The normalized spacial score (nSPS) is 12.9. The van der Waals surface area contributed by atoms with Crippen molar-refractivity contribution in [3.63, 3.8) is 0 Å². The molecule has 1 heterocycles. The standard InChI is InChI=1S/C16H19F4N5O2/c1-24(2)8-12(26)9-25-7-11(6-21-25)23-15(27)22-10-3-4-14(17)13(5-10)16(18,19)20/h3-7,12,26H,8-9H2,1-2H3,(H2,22,23,27). The number of benzene rings is 1. The van der Waals surface area contributed by atoms with Gasteiger partial charge in [-0.15, -0.1) is 0 Å². The molecule has 2 rings (SSSR count). The molecule has 0 saturated heterocycles. The number of likely N-dealkylation sites (N-methyl/N-ethyl adjacent to an activating group) is 1. The lowest BCUT2D eigenvalue weighted by Crippen LogP contribution is -2.29. The summed E-state index contributed by atoms with van der Waals surface area (Å²) in [7, 11) is 3.62. The predicted molar refractivity (Wildman–Crippen MR) is 90.8 cm³/mol. The van der Waals surface area contributed by atoms with Crippen LogP contribution < -0.4 is 10.6 Å². The van der Waals surface area contributed by atoms with E-state index >= 15 is 0 Å². The molecule has 3 N–H and O–H groups in total. The van der Waals surface area contributed by atoms with Gasteiger partial charge in [0.2, 0.25) is 0 Å². The molecule has 2 amide bonds. The number of hydrogen-bond acceptors (Lipinski definition) is 4. The van der Waals surface area contributed by atoms with E-state index in [-0.39, 0.29) is 17.9 Å². The highest BCUT2D eigenvalue weighted by Gasteiger charge is 2.34. The summed E-state index contributed by atoms with van der Waals surface area (Å²) in [4.78, 5) is 13.7. The highest BCUT2D eigenvalue weighted by atomic mass is 19.4. The topological polar surface area (TPSA) is 82.4 Å². The van der Waals surface area contributed by atoms with Crippen LogP contribution in [0, 0.1) is 5.82 Å². The van der Waals surface area contributed by atoms with Crippen LogP contribution in [-0.4, -0.2) is 52.6 Å². The lowest BCUT2D eigenvalue weighted by Gasteiger charge is -2.15. The molecule has 0 aliphatic heterocycles. The van der Waals surface area contributed by atoms with E-state index in [1.54, 1.807) is 4.90 Å². The average molecular weight is 389 g/mol. The number of nitrogens with zero attached hydrogens (tertiary/aromatic N) is 3. The average Bonchev–Trinajstić information content (AvgIpc) is 2.93. The highest BCUT2D eigenvalue weighted by molar-refractivity contribution is 5.99. The van der Waals surface area contributed by atoms with Gasteiger partial charge in [-0.3, -0.25) is 4.68 Å². The van der Waals surface area contributed by atoms with E-state index in [1.807, 2.05) is 14.1 Å². The fraction of sp³-hybridized carbons (Fsp3) is 0.375. The van der Waals surface area contributed by atoms with Crippen LogP contribution in [0.2, 0.25) is 0 Å². The minimum absolute atomic E-state index is 0.203. The maximum absolute atomic E-state index is 13.3. The van der Waals surface area contributed by atoms with E-state index in [4.69, 9.17) is 0 Å². The number of amides is 2. The van der Waals surface area contributed by atoms with Gasteiger partial charge in [-0.05, 0) is 32.3 Å². The quantitative estimate of drug-likeness (QED) is 0.664. The zero-order valence-corrected chi connectivity index (χ0v) is 14.6. The molecule has 11 heteroatoms. The van der Waals surface area contributed by atoms with Crippen molar-refractivity contribution in [3.8, 4) is 0 Å². The zero-order chi connectivity index (χ0) is 20.2. The third-order valence-corrected chi connectivity index (χ3v) is 3.39. The molecular formula is C16H19F4N5O2. The van der Waals surface area contributed by atoms with Crippen LogP contribution in [0.3, 0.4) is 0 Å². The number of aliphatic hydroxyl groups is 1. The Kier molecular flexibility index (Phi) is 6.39. The number of rotatable bonds is 6. The molecule has 148 valence electrons. The second kappa shape index (κ2) is 8.35. The molecule has 0 aliphatic carbocycles. The number of carbonyl (C=O) groups excluding carboxylic acids is 1. The van der Waals surface area contributed by atoms with Gasteiger partial charge >= 0.3 is 12.2 Å². The maximum atomic E-state index is 13.3. The fourth-order valence-electron chi connectivity index (χ4n) is 2.34. The number of nitrogens with one attached hydrogen (secondary N) is 2. The van der Waals surface area contributed by atoms with Gasteiger partial charge in [0, 0.05) is 18.4 Å². The number of hydrogen-bond donors (Lipinski definition) is 3. The minimum Gasteiger partial charge on any atom is -0.390 e. The summed E-state index contributed by atoms with van der Waals surface area (Å²) >= 11 is 0. The number of carbonyl (C=O) groups is 1. The van der Waals surface area contributed by atoms with Crippen LogP contribution >= 0.6 is 0 Å². The molecular weight excluding hydrogens is 370 g/mol. The molecule has 0 bridgehead atoms. The van der Waals surface area contributed by atoms with E-state index in [2.05, 4.69) is 15.7 Å². The van der Waals surface area contributed by atoms with Crippen LogP contribution in [0.25, 0.3) is 0 Å². The summed E-state index contributed by atoms with van der Waals surface area (Å²) in [6, 6.07) is 1.34. The third-order valence-electron chi connectivity index (χ3n) is 3.39. The molecule has 1 unspecified atom stereocenters. The van der Waals surface area contributed by atoms with Gasteiger partial charge in [0.25, 0.3) is 0 Å². The Hall–Kier alpha value is -2.66. The first-order chi connectivity index (χ1) is 12.5. The number of urea groups is 1. The van der Waals surface area contributed by atoms with Gasteiger partial charge in [0.15, 0.2) is 0 Å². The summed E-state index contributed by atoms with van der Waals surface area (Å²) in [5.41, 5.74) is -1.40. The molecule has 0 saturated carbocycles. The van der Waals surface area contributed by atoms with E-state index in [0.29, 0.717) is 18.7 Å². The first kappa shape index (κ1) is 20.6. The Morgan fingerprint density at radius 1 is 1.30 bits per heavy atom. The predicted octanol–water partition coefficient (Wildman–Crippen LogP) is 2.61. The number of aliphatic hydroxyl groups excluding tert-OH is 1. The number of halogens is 4. The molecule has 0 aliphatic rings. The zero-order valence-electron chi connectivity index (χ0n) is 14.6. The van der Waals surface area contributed by atoms with Crippen molar-refractivity contribution in [2.45, 2.75) is 18.8 Å². The molecule has 0 radical (unpaired) electrons. The van der Waals surface area contributed by atoms with Gasteiger partial charge in [0.1, 0.15) is 5.82 Å². The van der Waals surface area contributed by atoms with E-state index < -0.39 is 29.7 Å². The lowest BCUT2D eigenvalue weighted by molar-refractivity contribution is -0.139. The molecule has 1 aromatic carbocycles. The molecule has 0 fully saturated rings. The highest BCUT2D eigenvalue weighted by Crippen LogP contribution is 2.33. The third kappa shape index (κ3) is 6.22. The van der Waals surface area contributed by atoms with Crippen LogP contribution in [0.15, 0.2) is 30.6 Å². The van der Waals surface area contributed by atoms with Crippen LogP contribution in [-0.2, 0) is 12.7 Å². The Morgan fingerprint density at radius 2 is 1.96 bits per heavy atom. The van der Waals surface area contributed by atoms with Gasteiger partial charge in [-0.1, -0.05) is 0 Å². The molecule has 7 nitrogen and oxygen atoms in total. The van der Waals surface area contributed by atoms with Crippen molar-refractivity contribution in [1.29, 1.82) is 0 Å². The number of anilines is 2. The van der Waals surface area contributed by atoms with Crippen molar-refractivity contribution >= 4 is 17.4 Å². The Labute approximate surface area is 152 Å². The molecule has 2 aromatic rings. The Morgan fingerprint density at radius 3 is 2.59 bits per heavy atom. The SMILES string of the molecule is CN(C)CC(O)Cn1cc(NC(=O)Nc2ccc(F)c(C(F)(F)F)c2)cn1. The summed E-state index contributed by atoms with van der Waals surface area (Å²) in [6.45, 7) is 0.629. The maximum Gasteiger partial charge on any atom is 0.419 e. The van der Waals surface area contributed by atoms with Crippen molar-refractivity contribution in [2.24, 2.45) is 0 Å². The van der Waals surface area contributed by atoms with Crippen LogP contribution in [0.1, 0.15) is 5.56 Å². The van der Waals surface area contributed by atoms with Crippen molar-refractivity contribution in [3.05, 3.63) is 42.0 Å². The summed E-state index contributed by atoms with van der Waals surface area (Å²) in [5, 5.41) is 18.4. The first-order valence-corrected chi connectivity index (χ1v) is 7.84. The van der Waals surface area contributed by atoms with Crippen molar-refractivity contribution < 1.29 is 27.5 Å². The van der Waals surface area contributed by atoms with E-state index in [1.165, 1.54) is 17.1 Å². The van der Waals surface area contributed by atoms with Gasteiger partial charge in [0.05, 0.1) is 30.1 Å². The minimum atomic E-state index is -4.87. The molecule has 1 aromatic heterocycles. The summed E-state index contributed by atoms with van der Waals surface area (Å²) < 4.78 is 52.8. The second-order valence-electron chi connectivity index (χ2n) is 6.14. The van der Waals surface area contributed by atoms with Crippen molar-refractivity contribution in [1.82, 2.24) is 14.7 Å². The Balaban J connectivity index is 1.97. The van der Waals surface area contributed by atoms with Crippen LogP contribution in [0.4, 0.5) is 33.7 Å². The van der Waals surface area contributed by atoms with Gasteiger partial charge in [-0.2, -0.15) is 18.3 Å². The Bertz CT molecular complexity index is 791. The second-order valence-corrected chi connectivity index (χ2v) is 6.14. The van der Waals surface area contributed by atoms with E-state index in [0.717, 1.165) is 6.07 Å². The fourth-order valence-corrected chi connectivity index (χ4v) is 2.34. The smallest absolute Gasteiger partial charge is 0.390 e.